The number of ether oxygens (including phenoxy) is 1. The number of benzene rings is 2. The van der Waals surface area contributed by atoms with Crippen molar-refractivity contribution in [3.05, 3.63) is 88.2 Å². The highest BCUT2D eigenvalue weighted by atomic mass is 35.5. The van der Waals surface area contributed by atoms with Crippen LogP contribution in [0.5, 0.6) is 11.5 Å². The SMILES string of the molecule is COc1cc(C(Nc2ncc(Cl)cc2C)c2ccc3cccnc3c2O)ccc1C. The molecular formula is C24H22ClN3O2. The quantitative estimate of drug-likeness (QED) is 0.427. The number of rotatable bonds is 5. The van der Waals surface area contributed by atoms with Crippen molar-refractivity contribution in [1.82, 2.24) is 9.97 Å². The molecule has 5 nitrogen and oxygen atoms in total. The van der Waals surface area contributed by atoms with Gasteiger partial charge < -0.3 is 15.2 Å². The van der Waals surface area contributed by atoms with Gasteiger partial charge in [0.15, 0.2) is 0 Å². The van der Waals surface area contributed by atoms with Gasteiger partial charge in [0.2, 0.25) is 0 Å². The van der Waals surface area contributed by atoms with Gasteiger partial charge in [-0.25, -0.2) is 4.98 Å². The number of methoxy groups -OCH3 is 1. The van der Waals surface area contributed by atoms with Crippen molar-refractivity contribution in [3.63, 3.8) is 0 Å². The van der Waals surface area contributed by atoms with Crippen molar-refractivity contribution in [2.45, 2.75) is 19.9 Å². The maximum Gasteiger partial charge on any atom is 0.147 e. The highest BCUT2D eigenvalue weighted by Gasteiger charge is 2.22. The summed E-state index contributed by atoms with van der Waals surface area (Å²) < 4.78 is 5.53. The van der Waals surface area contributed by atoms with Crippen LogP contribution in [0.25, 0.3) is 10.9 Å². The molecule has 152 valence electrons. The normalized spacial score (nSPS) is 12.0. The summed E-state index contributed by atoms with van der Waals surface area (Å²) in [7, 11) is 1.65. The smallest absolute Gasteiger partial charge is 0.147 e. The fourth-order valence-corrected chi connectivity index (χ4v) is 3.78. The first-order valence-corrected chi connectivity index (χ1v) is 9.95. The van der Waals surface area contributed by atoms with Crippen molar-refractivity contribution < 1.29 is 9.84 Å². The molecule has 0 fully saturated rings. The van der Waals surface area contributed by atoms with Crippen LogP contribution in [0.1, 0.15) is 28.3 Å². The zero-order chi connectivity index (χ0) is 21.3. The minimum atomic E-state index is -0.377. The molecule has 0 saturated heterocycles. The first-order chi connectivity index (χ1) is 14.5. The number of hydrogen-bond acceptors (Lipinski definition) is 5. The van der Waals surface area contributed by atoms with Crippen LogP contribution >= 0.6 is 11.6 Å². The fourth-order valence-electron chi connectivity index (χ4n) is 3.56. The first kappa shape index (κ1) is 20.0. The molecule has 1 unspecified atom stereocenters. The predicted octanol–water partition coefficient (Wildman–Crippen LogP) is 5.82. The first-order valence-electron chi connectivity index (χ1n) is 9.57. The summed E-state index contributed by atoms with van der Waals surface area (Å²) in [5.74, 6) is 1.60. The van der Waals surface area contributed by atoms with Gasteiger partial charge in [-0.05, 0) is 48.7 Å². The van der Waals surface area contributed by atoms with Crippen LogP contribution in [-0.2, 0) is 0 Å². The molecule has 0 saturated carbocycles. The molecule has 2 heterocycles. The molecule has 2 aromatic carbocycles. The Balaban J connectivity index is 1.88. The van der Waals surface area contributed by atoms with E-state index in [-0.39, 0.29) is 11.8 Å². The highest BCUT2D eigenvalue weighted by molar-refractivity contribution is 6.30. The summed E-state index contributed by atoms with van der Waals surface area (Å²) in [5.41, 5.74) is 4.12. The molecular weight excluding hydrogens is 398 g/mol. The number of aromatic hydroxyl groups is 1. The second-order valence-corrected chi connectivity index (χ2v) is 7.64. The summed E-state index contributed by atoms with van der Waals surface area (Å²) in [6, 6.07) is 15.1. The second-order valence-electron chi connectivity index (χ2n) is 7.20. The van der Waals surface area contributed by atoms with Gasteiger partial charge in [-0.1, -0.05) is 41.9 Å². The maximum absolute atomic E-state index is 11.1. The van der Waals surface area contributed by atoms with E-state index >= 15 is 0 Å². The van der Waals surface area contributed by atoms with E-state index in [1.54, 1.807) is 19.5 Å². The van der Waals surface area contributed by atoms with E-state index in [0.717, 1.165) is 27.8 Å². The van der Waals surface area contributed by atoms with Crippen LogP contribution in [0.3, 0.4) is 0 Å². The lowest BCUT2D eigenvalue weighted by atomic mass is 9.95. The average Bonchev–Trinajstić information content (AvgIpc) is 2.75. The number of nitrogens with one attached hydrogen (secondary N) is 1. The number of anilines is 1. The number of pyridine rings is 2. The lowest BCUT2D eigenvalue weighted by Crippen LogP contribution is -2.15. The number of aryl methyl sites for hydroxylation is 2. The van der Waals surface area contributed by atoms with Crippen LogP contribution in [0, 0.1) is 13.8 Å². The Morgan fingerprint density at radius 1 is 1.03 bits per heavy atom. The van der Waals surface area contributed by atoms with Crippen molar-refractivity contribution in [2.24, 2.45) is 0 Å². The summed E-state index contributed by atoms with van der Waals surface area (Å²) >= 11 is 6.08. The number of nitrogens with zero attached hydrogens (tertiary/aromatic N) is 2. The van der Waals surface area contributed by atoms with Gasteiger partial charge in [0.25, 0.3) is 0 Å². The molecule has 4 aromatic rings. The van der Waals surface area contributed by atoms with E-state index < -0.39 is 0 Å². The lowest BCUT2D eigenvalue weighted by Gasteiger charge is -2.23. The molecule has 0 aliphatic rings. The Bertz CT molecular complexity index is 1230. The summed E-state index contributed by atoms with van der Waals surface area (Å²) in [6.07, 6.45) is 3.28. The van der Waals surface area contributed by atoms with E-state index in [4.69, 9.17) is 16.3 Å². The molecule has 2 aromatic heterocycles. The van der Waals surface area contributed by atoms with E-state index in [0.29, 0.717) is 21.9 Å². The minimum absolute atomic E-state index is 0.136. The second kappa shape index (κ2) is 8.20. The van der Waals surface area contributed by atoms with Crippen LogP contribution in [-0.4, -0.2) is 22.2 Å². The Morgan fingerprint density at radius 3 is 2.63 bits per heavy atom. The van der Waals surface area contributed by atoms with Crippen LogP contribution < -0.4 is 10.1 Å². The zero-order valence-corrected chi connectivity index (χ0v) is 17.7. The molecule has 0 aliphatic carbocycles. The Kier molecular flexibility index (Phi) is 5.46. The predicted molar refractivity (Wildman–Crippen MR) is 121 cm³/mol. The molecule has 2 N–H and O–H groups in total. The van der Waals surface area contributed by atoms with Crippen molar-refractivity contribution >= 4 is 28.3 Å². The molecule has 0 spiro atoms. The summed E-state index contributed by atoms with van der Waals surface area (Å²) in [4.78, 5) is 8.82. The van der Waals surface area contributed by atoms with Gasteiger partial charge in [-0.3, -0.25) is 4.98 Å². The van der Waals surface area contributed by atoms with Crippen molar-refractivity contribution in [3.8, 4) is 11.5 Å². The van der Waals surface area contributed by atoms with Crippen molar-refractivity contribution in [2.75, 3.05) is 12.4 Å². The molecule has 6 heteroatoms. The third kappa shape index (κ3) is 3.76. The van der Waals surface area contributed by atoms with Gasteiger partial charge in [0.05, 0.1) is 18.2 Å². The van der Waals surface area contributed by atoms with Crippen molar-refractivity contribution in [1.29, 1.82) is 0 Å². The van der Waals surface area contributed by atoms with Crippen LogP contribution in [0.4, 0.5) is 5.82 Å². The monoisotopic (exact) mass is 419 g/mol. The van der Waals surface area contributed by atoms with E-state index in [1.807, 2.05) is 62.4 Å². The van der Waals surface area contributed by atoms with Gasteiger partial charge in [0, 0.05) is 23.3 Å². The standard InChI is InChI=1S/C24H22ClN3O2/c1-14-6-7-17(12-20(14)30-3)21(28-24-15(2)11-18(25)13-27-24)19-9-8-16-5-4-10-26-22(16)23(19)29/h4-13,21,29H,1-3H3,(H,27,28). The molecule has 0 bridgehead atoms. The molecule has 1 atom stereocenters. The van der Waals surface area contributed by atoms with E-state index in [1.165, 1.54) is 0 Å². The third-order valence-electron chi connectivity index (χ3n) is 5.18. The van der Waals surface area contributed by atoms with E-state index in [9.17, 15) is 5.11 Å². The third-order valence-corrected chi connectivity index (χ3v) is 5.39. The number of phenols is 1. The molecule has 30 heavy (non-hydrogen) atoms. The zero-order valence-electron chi connectivity index (χ0n) is 17.0. The Morgan fingerprint density at radius 2 is 1.87 bits per heavy atom. The number of fused-ring (bicyclic) bond motifs is 1. The highest BCUT2D eigenvalue weighted by Crippen LogP contribution is 2.38. The maximum atomic E-state index is 11.1. The van der Waals surface area contributed by atoms with Gasteiger partial charge in [-0.2, -0.15) is 0 Å². The topological polar surface area (TPSA) is 67.3 Å². The summed E-state index contributed by atoms with van der Waals surface area (Å²) in [5, 5.41) is 16.0. The largest absolute Gasteiger partial charge is 0.505 e. The van der Waals surface area contributed by atoms with Gasteiger partial charge in [0.1, 0.15) is 22.8 Å². The van der Waals surface area contributed by atoms with Crippen LogP contribution in [0.15, 0.2) is 60.9 Å². The van der Waals surface area contributed by atoms with Gasteiger partial charge in [-0.15, -0.1) is 0 Å². The Hall–Kier alpha value is -3.31. The molecule has 0 amide bonds. The lowest BCUT2D eigenvalue weighted by molar-refractivity contribution is 0.411. The Labute approximate surface area is 180 Å². The van der Waals surface area contributed by atoms with E-state index in [2.05, 4.69) is 15.3 Å². The fraction of sp³-hybridized carbons (Fsp3) is 0.167. The van der Waals surface area contributed by atoms with Gasteiger partial charge >= 0.3 is 0 Å². The average molecular weight is 420 g/mol. The minimum Gasteiger partial charge on any atom is -0.505 e. The molecule has 0 radical (unpaired) electrons. The number of halogens is 1. The number of hydrogen-bond donors (Lipinski definition) is 2. The molecule has 4 rings (SSSR count). The number of phenolic OH excluding ortho intramolecular Hbond substituents is 1. The van der Waals surface area contributed by atoms with Crippen LogP contribution in [0.2, 0.25) is 5.02 Å². The number of aromatic nitrogens is 2. The summed E-state index contributed by atoms with van der Waals surface area (Å²) in [6.45, 7) is 3.93. The molecule has 0 aliphatic heterocycles.